The quantitative estimate of drug-likeness (QED) is 0.539. The Bertz CT molecular complexity index is 1240. The molecule has 0 saturated heterocycles. The summed E-state index contributed by atoms with van der Waals surface area (Å²) in [7, 11) is -3.88. The molecule has 0 saturated carbocycles. The topological polar surface area (TPSA) is 84.9 Å². The second-order valence-corrected chi connectivity index (χ2v) is 9.69. The summed E-state index contributed by atoms with van der Waals surface area (Å²) in [6.45, 7) is 4.26. The molecule has 0 radical (unpaired) electrons. The summed E-state index contributed by atoms with van der Waals surface area (Å²) in [5, 5.41) is 2.78. The predicted octanol–water partition coefficient (Wildman–Crippen LogP) is 3.45. The molecule has 1 aliphatic heterocycles. The average molecular weight is 467 g/mol. The number of anilines is 1. The van der Waals surface area contributed by atoms with Crippen LogP contribution in [0.4, 0.5) is 5.69 Å². The Hall–Kier alpha value is -3.52. The molecule has 0 fully saturated rings. The van der Waals surface area contributed by atoms with Crippen molar-refractivity contribution in [1.82, 2.24) is 5.32 Å². The van der Waals surface area contributed by atoms with Crippen molar-refractivity contribution < 1.29 is 22.7 Å². The van der Waals surface area contributed by atoms with E-state index in [1.54, 1.807) is 48.5 Å². The van der Waals surface area contributed by atoms with E-state index in [0.717, 1.165) is 16.9 Å². The molecule has 1 aliphatic rings. The number of sulfonamides is 1. The Kier molecular flexibility index (Phi) is 6.55. The van der Waals surface area contributed by atoms with Gasteiger partial charge in [0.15, 0.2) is 6.10 Å². The Labute approximate surface area is 194 Å². The van der Waals surface area contributed by atoms with Gasteiger partial charge in [0, 0.05) is 0 Å². The number of carbonyl (C=O) groups is 1. The van der Waals surface area contributed by atoms with Crippen molar-refractivity contribution in [3.05, 3.63) is 83.9 Å². The molecule has 8 heteroatoms. The molecule has 1 atom stereocenters. The number of hydrogen-bond donors (Lipinski definition) is 1. The highest BCUT2D eigenvalue weighted by atomic mass is 32.2. The number of para-hydroxylation sites is 3. The van der Waals surface area contributed by atoms with Gasteiger partial charge in [0.05, 0.1) is 23.7 Å². The zero-order chi connectivity index (χ0) is 23.4. The molecule has 1 unspecified atom stereocenters. The zero-order valence-corrected chi connectivity index (χ0v) is 19.3. The first-order chi connectivity index (χ1) is 15.9. The highest BCUT2D eigenvalue weighted by molar-refractivity contribution is 7.92. The summed E-state index contributed by atoms with van der Waals surface area (Å²) < 4.78 is 39.6. The molecule has 0 spiro atoms. The highest BCUT2D eigenvalue weighted by Crippen LogP contribution is 2.36. The largest absolute Gasteiger partial charge is 0.491 e. The van der Waals surface area contributed by atoms with Gasteiger partial charge in [-0.15, -0.1) is 0 Å². The van der Waals surface area contributed by atoms with Crippen LogP contribution in [0, 0.1) is 13.8 Å². The number of carbonyl (C=O) groups excluding carboxylic acids is 1. The molecule has 33 heavy (non-hydrogen) atoms. The Balaban J connectivity index is 1.47. The van der Waals surface area contributed by atoms with Crippen LogP contribution in [0.25, 0.3) is 0 Å². The summed E-state index contributed by atoms with van der Waals surface area (Å²) in [5.74, 6) is 0.697. The molecule has 4 rings (SSSR count). The molecule has 7 nitrogen and oxygen atoms in total. The monoisotopic (exact) mass is 466 g/mol. The van der Waals surface area contributed by atoms with E-state index in [1.165, 1.54) is 4.31 Å². The maximum atomic E-state index is 13.4. The summed E-state index contributed by atoms with van der Waals surface area (Å²) in [6, 6.07) is 21.1. The number of ether oxygens (including phenoxy) is 2. The molecule has 0 bridgehead atoms. The molecular weight excluding hydrogens is 440 g/mol. The van der Waals surface area contributed by atoms with Gasteiger partial charge in [0.2, 0.25) is 0 Å². The number of nitrogens with one attached hydrogen (secondary N) is 1. The lowest BCUT2D eigenvalue weighted by molar-refractivity contribution is -0.127. The summed E-state index contributed by atoms with van der Waals surface area (Å²) in [6.07, 6.45) is -0.987. The van der Waals surface area contributed by atoms with Crippen molar-refractivity contribution in [1.29, 1.82) is 0 Å². The van der Waals surface area contributed by atoms with Crippen LogP contribution in [-0.4, -0.2) is 40.1 Å². The molecule has 3 aromatic rings. The molecule has 1 heterocycles. The maximum Gasteiger partial charge on any atom is 0.264 e. The number of benzene rings is 3. The molecule has 1 N–H and O–H groups in total. The maximum absolute atomic E-state index is 13.4. The van der Waals surface area contributed by atoms with E-state index >= 15 is 0 Å². The van der Waals surface area contributed by atoms with E-state index in [4.69, 9.17) is 9.47 Å². The zero-order valence-electron chi connectivity index (χ0n) is 18.5. The molecule has 0 aliphatic carbocycles. The summed E-state index contributed by atoms with van der Waals surface area (Å²) in [5.41, 5.74) is 2.37. The fraction of sp³-hybridized carbons (Fsp3) is 0.240. The van der Waals surface area contributed by atoms with E-state index in [0.29, 0.717) is 11.4 Å². The van der Waals surface area contributed by atoms with Crippen LogP contribution in [0.3, 0.4) is 0 Å². The van der Waals surface area contributed by atoms with E-state index in [9.17, 15) is 13.2 Å². The number of nitrogens with zero attached hydrogens (tertiary/aromatic N) is 1. The van der Waals surface area contributed by atoms with Gasteiger partial charge in [0.25, 0.3) is 15.9 Å². The second kappa shape index (κ2) is 9.54. The van der Waals surface area contributed by atoms with Crippen molar-refractivity contribution in [3.63, 3.8) is 0 Å². The SMILES string of the molecule is Cc1ccc(S(=O)(=O)N2CC(C(=O)NCCOc3ccccc3C)Oc3ccccc32)cc1. The molecule has 0 aromatic heterocycles. The van der Waals surface area contributed by atoms with Crippen LogP contribution in [0.5, 0.6) is 11.5 Å². The van der Waals surface area contributed by atoms with Crippen molar-refractivity contribution in [3.8, 4) is 11.5 Å². The first kappa shape index (κ1) is 22.7. The van der Waals surface area contributed by atoms with E-state index in [2.05, 4.69) is 5.32 Å². The molecule has 3 aromatic carbocycles. The van der Waals surface area contributed by atoms with Crippen LogP contribution < -0.4 is 19.1 Å². The van der Waals surface area contributed by atoms with E-state index in [-0.39, 0.29) is 24.6 Å². The molecule has 172 valence electrons. The van der Waals surface area contributed by atoms with Crippen LogP contribution in [0.1, 0.15) is 11.1 Å². The third kappa shape index (κ3) is 4.96. The third-order valence-corrected chi connectivity index (χ3v) is 7.18. The smallest absolute Gasteiger partial charge is 0.264 e. The highest BCUT2D eigenvalue weighted by Gasteiger charge is 2.37. The van der Waals surface area contributed by atoms with Gasteiger partial charge >= 0.3 is 0 Å². The normalized spacial score (nSPS) is 15.3. The van der Waals surface area contributed by atoms with Gasteiger partial charge in [-0.05, 0) is 49.7 Å². The van der Waals surface area contributed by atoms with E-state index < -0.39 is 22.0 Å². The molecular formula is C25H26N2O5S. The minimum atomic E-state index is -3.88. The van der Waals surface area contributed by atoms with Gasteiger partial charge in [-0.25, -0.2) is 8.42 Å². The predicted molar refractivity (Wildman–Crippen MR) is 126 cm³/mol. The van der Waals surface area contributed by atoms with Gasteiger partial charge in [-0.1, -0.05) is 48.0 Å². The van der Waals surface area contributed by atoms with Crippen molar-refractivity contribution >= 4 is 21.6 Å². The van der Waals surface area contributed by atoms with Crippen LogP contribution in [0.2, 0.25) is 0 Å². The van der Waals surface area contributed by atoms with E-state index in [1.807, 2.05) is 38.1 Å². The number of fused-ring (bicyclic) bond motifs is 1. The standard InChI is InChI=1S/C25H26N2O5S/c1-18-11-13-20(14-12-18)33(29,30)27-17-24(32-23-10-6-4-8-21(23)27)25(28)26-15-16-31-22-9-5-3-7-19(22)2/h3-14,24H,15-17H2,1-2H3,(H,26,28). The average Bonchev–Trinajstić information content (AvgIpc) is 2.82. The van der Waals surface area contributed by atoms with Crippen LogP contribution in [0.15, 0.2) is 77.7 Å². The summed E-state index contributed by atoms with van der Waals surface area (Å²) in [4.78, 5) is 13.0. The fourth-order valence-corrected chi connectivity index (χ4v) is 5.05. The third-order valence-electron chi connectivity index (χ3n) is 5.39. The minimum Gasteiger partial charge on any atom is -0.491 e. The number of hydrogen-bond acceptors (Lipinski definition) is 5. The molecule has 1 amide bonds. The van der Waals surface area contributed by atoms with Gasteiger partial charge in [-0.2, -0.15) is 0 Å². The van der Waals surface area contributed by atoms with Crippen molar-refractivity contribution in [2.45, 2.75) is 24.8 Å². The lowest BCUT2D eigenvalue weighted by Crippen LogP contribution is -2.51. The first-order valence-corrected chi connectivity index (χ1v) is 12.1. The number of rotatable bonds is 7. The number of amides is 1. The first-order valence-electron chi connectivity index (χ1n) is 10.7. The Morgan fingerprint density at radius 3 is 2.48 bits per heavy atom. The Morgan fingerprint density at radius 1 is 1.03 bits per heavy atom. The number of aryl methyl sites for hydroxylation is 2. The van der Waals surface area contributed by atoms with Crippen LogP contribution >= 0.6 is 0 Å². The van der Waals surface area contributed by atoms with Crippen molar-refractivity contribution in [2.75, 3.05) is 24.0 Å². The second-order valence-electron chi connectivity index (χ2n) is 7.83. The fourth-order valence-electron chi connectivity index (χ4n) is 3.57. The van der Waals surface area contributed by atoms with Gasteiger partial charge in [0.1, 0.15) is 18.1 Å². The van der Waals surface area contributed by atoms with Gasteiger partial charge in [-0.3, -0.25) is 9.10 Å². The Morgan fingerprint density at radius 2 is 1.73 bits per heavy atom. The van der Waals surface area contributed by atoms with Crippen LogP contribution in [-0.2, 0) is 14.8 Å². The minimum absolute atomic E-state index is 0.127. The van der Waals surface area contributed by atoms with Crippen molar-refractivity contribution in [2.24, 2.45) is 0 Å². The van der Waals surface area contributed by atoms with Gasteiger partial charge < -0.3 is 14.8 Å². The lowest BCUT2D eigenvalue weighted by Gasteiger charge is -2.34. The lowest BCUT2D eigenvalue weighted by atomic mass is 10.2. The summed E-state index contributed by atoms with van der Waals surface area (Å²) >= 11 is 0.